The van der Waals surface area contributed by atoms with Gasteiger partial charge in [0.25, 0.3) is 0 Å². The van der Waals surface area contributed by atoms with E-state index >= 15 is 0 Å². The van der Waals surface area contributed by atoms with Crippen molar-refractivity contribution in [3.8, 4) is 0 Å². The molecular formula is C31H57O4-. The summed E-state index contributed by atoms with van der Waals surface area (Å²) in [4.78, 5) is 21.0. The molecule has 0 saturated carbocycles. The molecular weight excluding hydrogens is 436 g/mol. The zero-order valence-corrected chi connectivity index (χ0v) is 25.5. The number of carboxylic acids is 2. The molecule has 206 valence electrons. The molecule has 1 aromatic rings. The quantitative estimate of drug-likeness (QED) is 0.434. The summed E-state index contributed by atoms with van der Waals surface area (Å²) in [5, 5.41) is 19.1. The van der Waals surface area contributed by atoms with Crippen molar-refractivity contribution in [1.82, 2.24) is 0 Å². The Morgan fingerprint density at radius 2 is 1.14 bits per heavy atom. The van der Waals surface area contributed by atoms with E-state index < -0.39 is 17.9 Å². The molecule has 1 aromatic carbocycles. The smallest absolute Gasteiger partial charge is 0.304 e. The van der Waals surface area contributed by atoms with Crippen LogP contribution in [0.25, 0.3) is 0 Å². The summed E-state index contributed by atoms with van der Waals surface area (Å²) in [5.41, 5.74) is 2.84. The molecule has 0 amide bonds. The van der Waals surface area contributed by atoms with Crippen LogP contribution in [-0.4, -0.2) is 17.0 Å². The average molecular weight is 494 g/mol. The molecule has 0 aliphatic carbocycles. The number of hydrogen-bond donors (Lipinski definition) is 1. The Hall–Kier alpha value is -1.84. The third kappa shape index (κ3) is 39.7. The van der Waals surface area contributed by atoms with Crippen LogP contribution in [-0.2, 0) is 15.0 Å². The third-order valence-corrected chi connectivity index (χ3v) is 3.87. The van der Waals surface area contributed by atoms with Crippen LogP contribution in [0.4, 0.5) is 0 Å². The van der Waals surface area contributed by atoms with Gasteiger partial charge in [-0.2, -0.15) is 0 Å². The minimum Gasteiger partial charge on any atom is -0.550 e. The molecule has 4 nitrogen and oxygen atoms in total. The van der Waals surface area contributed by atoms with Gasteiger partial charge < -0.3 is 15.0 Å². The molecule has 0 fully saturated rings. The van der Waals surface area contributed by atoms with Crippen molar-refractivity contribution in [1.29, 1.82) is 0 Å². The summed E-state index contributed by atoms with van der Waals surface area (Å²) in [5.74, 6) is -3.20. The van der Waals surface area contributed by atoms with Gasteiger partial charge in [0.05, 0.1) is 6.42 Å². The van der Waals surface area contributed by atoms with Crippen molar-refractivity contribution in [3.05, 3.63) is 35.9 Å². The van der Waals surface area contributed by atoms with Crippen molar-refractivity contribution >= 4 is 11.9 Å². The minimum absolute atomic E-state index is 0.152. The fourth-order valence-corrected chi connectivity index (χ4v) is 2.33. The first kappa shape index (κ1) is 37.7. The number of aliphatic carboxylic acids is 2. The van der Waals surface area contributed by atoms with Crippen LogP contribution in [0.15, 0.2) is 30.3 Å². The second kappa shape index (κ2) is 16.8. The van der Waals surface area contributed by atoms with Crippen LogP contribution >= 0.6 is 0 Å². The highest BCUT2D eigenvalue weighted by Gasteiger charge is 2.16. The maximum Gasteiger partial charge on any atom is 0.304 e. The van der Waals surface area contributed by atoms with Gasteiger partial charge in [0.15, 0.2) is 0 Å². The van der Waals surface area contributed by atoms with Crippen LogP contribution < -0.4 is 5.11 Å². The maximum atomic E-state index is 10.6. The molecule has 0 aliphatic rings. The van der Waals surface area contributed by atoms with Gasteiger partial charge in [-0.05, 0) is 40.1 Å². The van der Waals surface area contributed by atoms with Gasteiger partial charge in [-0.1, -0.05) is 134 Å². The van der Waals surface area contributed by atoms with E-state index in [1.807, 2.05) is 0 Å². The number of benzene rings is 1. The second-order valence-electron chi connectivity index (χ2n) is 14.7. The third-order valence-electron chi connectivity index (χ3n) is 3.87. The molecule has 35 heavy (non-hydrogen) atoms. The fraction of sp³-hybridized carbons (Fsp3) is 0.742. The summed E-state index contributed by atoms with van der Waals surface area (Å²) in [6, 6.07) is 10.6. The Balaban J connectivity index is -0.000000437. The summed E-state index contributed by atoms with van der Waals surface area (Å²) in [6.07, 6.45) is 1.64. The van der Waals surface area contributed by atoms with Crippen molar-refractivity contribution in [2.75, 3.05) is 0 Å². The summed E-state index contributed by atoms with van der Waals surface area (Å²) in [7, 11) is 0. The molecule has 0 aliphatic heterocycles. The number of rotatable bonds is 6. The zero-order chi connectivity index (χ0) is 28.7. The van der Waals surface area contributed by atoms with E-state index in [0.29, 0.717) is 22.7 Å². The molecule has 1 unspecified atom stereocenters. The van der Waals surface area contributed by atoms with E-state index in [1.54, 1.807) is 0 Å². The van der Waals surface area contributed by atoms with Crippen molar-refractivity contribution < 1.29 is 19.8 Å². The number of carboxylic acid groups (broad SMARTS) is 2. The van der Waals surface area contributed by atoms with Gasteiger partial charge >= 0.3 is 5.97 Å². The van der Waals surface area contributed by atoms with E-state index in [0.717, 1.165) is 12.8 Å². The normalized spacial score (nSPS) is 12.5. The van der Waals surface area contributed by atoms with Crippen LogP contribution in [0.3, 0.4) is 0 Å². The van der Waals surface area contributed by atoms with E-state index in [4.69, 9.17) is 5.11 Å². The van der Waals surface area contributed by atoms with Gasteiger partial charge in [-0.25, -0.2) is 0 Å². The lowest BCUT2D eigenvalue weighted by molar-refractivity contribution is -0.312. The lowest BCUT2D eigenvalue weighted by Crippen LogP contribution is -2.32. The molecule has 1 rings (SSSR count). The Labute approximate surface area is 217 Å². The number of carbonyl (C=O) groups is 2. The van der Waals surface area contributed by atoms with E-state index in [-0.39, 0.29) is 11.8 Å². The lowest BCUT2D eigenvalue weighted by Gasteiger charge is -2.20. The Morgan fingerprint density at radius 3 is 1.37 bits per heavy atom. The average Bonchev–Trinajstić information content (AvgIpc) is 2.57. The van der Waals surface area contributed by atoms with Gasteiger partial charge in [0.1, 0.15) is 0 Å². The minimum atomic E-state index is -1.26. The highest BCUT2D eigenvalue weighted by atomic mass is 16.4. The Morgan fingerprint density at radius 1 is 0.771 bits per heavy atom. The van der Waals surface area contributed by atoms with E-state index in [1.165, 1.54) is 5.56 Å². The summed E-state index contributed by atoms with van der Waals surface area (Å²) < 4.78 is 0. The first-order valence-electron chi connectivity index (χ1n) is 12.8. The molecule has 1 atom stereocenters. The predicted octanol–water partition coefficient (Wildman–Crippen LogP) is 8.13. The number of carbonyl (C=O) groups excluding carboxylic acids is 1. The van der Waals surface area contributed by atoms with Crippen molar-refractivity contribution in [3.63, 3.8) is 0 Å². The van der Waals surface area contributed by atoms with E-state index in [2.05, 4.69) is 127 Å². The van der Waals surface area contributed by atoms with Crippen LogP contribution in [0.1, 0.15) is 128 Å². The molecule has 1 N–H and O–H groups in total. The summed E-state index contributed by atoms with van der Waals surface area (Å²) >= 11 is 0. The van der Waals surface area contributed by atoms with Crippen molar-refractivity contribution in [2.45, 2.75) is 128 Å². The largest absolute Gasteiger partial charge is 0.550 e. The zero-order valence-electron chi connectivity index (χ0n) is 25.5. The first-order chi connectivity index (χ1) is 15.3. The Bertz CT molecular complexity index is 654. The first-order valence-corrected chi connectivity index (χ1v) is 12.8. The molecule has 0 heterocycles. The molecule has 0 saturated heterocycles. The monoisotopic (exact) mass is 493 g/mol. The number of hydrogen-bond acceptors (Lipinski definition) is 3. The predicted molar refractivity (Wildman–Crippen MR) is 149 cm³/mol. The molecule has 4 heteroatoms. The lowest BCUT2D eigenvalue weighted by atomic mass is 9.87. The molecule has 0 bridgehead atoms. The summed E-state index contributed by atoms with van der Waals surface area (Å²) in [6.45, 7) is 30.4. The van der Waals surface area contributed by atoms with Crippen LogP contribution in [0.2, 0.25) is 0 Å². The van der Waals surface area contributed by atoms with Gasteiger partial charge in [0.2, 0.25) is 0 Å². The Kier molecular flexibility index (Phi) is 18.1. The van der Waals surface area contributed by atoms with Gasteiger partial charge in [-0.3, -0.25) is 4.79 Å². The fourth-order valence-electron chi connectivity index (χ4n) is 2.33. The van der Waals surface area contributed by atoms with Crippen LogP contribution in [0, 0.1) is 22.2 Å². The van der Waals surface area contributed by atoms with Crippen molar-refractivity contribution in [2.24, 2.45) is 22.2 Å². The highest BCUT2D eigenvalue weighted by molar-refractivity contribution is 5.76. The topological polar surface area (TPSA) is 77.4 Å². The standard InChI is InChI=1S/C11H20O4.C10H14.2C5H12/c1-11(2,3)6-4-5-8(10(14)15)7-9(12)13;1-10(2,3)9-7-5-4-6-8-9;2*1-5(2,3)4/h8H,4-7H2,1-3H3,(H,12,13)(H,14,15);4-8H,1-3H3;2*1-4H3/p-1. The van der Waals surface area contributed by atoms with Gasteiger partial charge in [-0.15, -0.1) is 0 Å². The van der Waals surface area contributed by atoms with Crippen LogP contribution in [0.5, 0.6) is 0 Å². The highest BCUT2D eigenvalue weighted by Crippen LogP contribution is 2.24. The molecule has 0 spiro atoms. The molecule has 0 radical (unpaired) electrons. The second-order valence-corrected chi connectivity index (χ2v) is 14.7. The van der Waals surface area contributed by atoms with Gasteiger partial charge in [0, 0.05) is 11.9 Å². The van der Waals surface area contributed by atoms with E-state index in [9.17, 15) is 14.7 Å². The molecule has 0 aromatic heterocycles. The SMILES string of the molecule is CC(C)(C)C.CC(C)(C)C.CC(C)(C)CCCC(CC(=O)O)C(=O)[O-].CC(C)(C)c1ccccc1. The maximum absolute atomic E-state index is 10.6.